The number of carbonyl (C=O) groups excluding carboxylic acids is 1. The third kappa shape index (κ3) is 4.11. The van der Waals surface area contributed by atoms with Crippen LogP contribution >= 0.6 is 0 Å². The lowest BCUT2D eigenvalue weighted by Gasteiger charge is -2.28. The molecule has 10 nitrogen and oxygen atoms in total. The standard InChI is InChI=1S/C19H19N5O5S/c25-17-11-24(8-7-20-17)13-3-1-12(2-4-13)10-21-30(28,29)14-5-6-16-15(9-14)18(26)23-19(27)22-16/h1-6,9,21H,7-8,10-11H2,(H,20,25)(H2,22,23,26,27). The molecule has 2 aromatic carbocycles. The SMILES string of the molecule is O=C1CN(c2ccc(CNS(=O)(=O)c3ccc4[nH]c(=O)[nH]c(=O)c4c3)cc2)CCN1. The number of amides is 1. The summed E-state index contributed by atoms with van der Waals surface area (Å²) in [4.78, 5) is 41.1. The Morgan fingerprint density at radius 1 is 1.00 bits per heavy atom. The fraction of sp³-hybridized carbons (Fsp3) is 0.211. The molecule has 0 bridgehead atoms. The Hall–Kier alpha value is -3.44. The molecular weight excluding hydrogens is 410 g/mol. The third-order valence-corrected chi connectivity index (χ3v) is 6.23. The second kappa shape index (κ2) is 7.76. The van der Waals surface area contributed by atoms with Gasteiger partial charge in [0, 0.05) is 25.3 Å². The number of benzene rings is 2. The molecule has 30 heavy (non-hydrogen) atoms. The van der Waals surface area contributed by atoms with E-state index >= 15 is 0 Å². The van der Waals surface area contributed by atoms with E-state index in [0.717, 1.165) is 11.3 Å². The van der Waals surface area contributed by atoms with Gasteiger partial charge in [0.25, 0.3) is 5.56 Å². The molecule has 0 aliphatic carbocycles. The van der Waals surface area contributed by atoms with E-state index in [0.29, 0.717) is 19.6 Å². The number of aromatic nitrogens is 2. The van der Waals surface area contributed by atoms with Crippen molar-refractivity contribution in [3.8, 4) is 0 Å². The lowest BCUT2D eigenvalue weighted by Crippen LogP contribution is -2.47. The van der Waals surface area contributed by atoms with Crippen molar-refractivity contribution in [2.24, 2.45) is 0 Å². The molecule has 4 N–H and O–H groups in total. The number of fused-ring (bicyclic) bond motifs is 1. The van der Waals surface area contributed by atoms with Crippen LogP contribution in [0.25, 0.3) is 10.9 Å². The highest BCUT2D eigenvalue weighted by molar-refractivity contribution is 7.89. The molecule has 11 heteroatoms. The van der Waals surface area contributed by atoms with Crippen LogP contribution in [-0.2, 0) is 21.4 Å². The predicted molar refractivity (Wildman–Crippen MR) is 111 cm³/mol. The predicted octanol–water partition coefficient (Wildman–Crippen LogP) is -0.369. The molecule has 1 fully saturated rings. The van der Waals surface area contributed by atoms with E-state index in [2.05, 4.69) is 20.0 Å². The highest BCUT2D eigenvalue weighted by Crippen LogP contribution is 2.17. The number of hydrogen-bond acceptors (Lipinski definition) is 6. The molecule has 0 unspecified atom stereocenters. The van der Waals surface area contributed by atoms with Crippen LogP contribution in [0.5, 0.6) is 0 Å². The number of aromatic amines is 2. The van der Waals surface area contributed by atoms with Gasteiger partial charge in [-0.25, -0.2) is 17.9 Å². The number of sulfonamides is 1. The summed E-state index contributed by atoms with van der Waals surface area (Å²) in [6, 6.07) is 11.2. The number of rotatable bonds is 5. The summed E-state index contributed by atoms with van der Waals surface area (Å²) in [6.07, 6.45) is 0. The van der Waals surface area contributed by atoms with E-state index in [1.165, 1.54) is 18.2 Å². The summed E-state index contributed by atoms with van der Waals surface area (Å²) in [7, 11) is -3.87. The van der Waals surface area contributed by atoms with Gasteiger partial charge in [-0.3, -0.25) is 14.6 Å². The van der Waals surface area contributed by atoms with E-state index in [9.17, 15) is 22.8 Å². The maximum atomic E-state index is 12.6. The first-order valence-electron chi connectivity index (χ1n) is 9.18. The summed E-state index contributed by atoms with van der Waals surface area (Å²) in [5.41, 5.74) is 0.568. The lowest BCUT2D eigenvalue weighted by atomic mass is 10.2. The van der Waals surface area contributed by atoms with Crippen molar-refractivity contribution >= 4 is 32.5 Å². The number of nitrogens with zero attached hydrogens (tertiary/aromatic N) is 1. The first-order valence-corrected chi connectivity index (χ1v) is 10.7. The molecule has 1 aliphatic heterocycles. The smallest absolute Gasteiger partial charge is 0.326 e. The van der Waals surface area contributed by atoms with Crippen molar-refractivity contribution < 1.29 is 13.2 Å². The van der Waals surface area contributed by atoms with Crippen LogP contribution in [-0.4, -0.2) is 43.9 Å². The monoisotopic (exact) mass is 429 g/mol. The number of hydrogen-bond donors (Lipinski definition) is 4. The lowest BCUT2D eigenvalue weighted by molar-refractivity contribution is -0.120. The second-order valence-electron chi connectivity index (χ2n) is 6.88. The van der Waals surface area contributed by atoms with Crippen LogP contribution in [0.1, 0.15) is 5.56 Å². The summed E-state index contributed by atoms with van der Waals surface area (Å²) in [5.74, 6) is -0.0311. The molecule has 2 heterocycles. The quantitative estimate of drug-likeness (QED) is 0.436. The van der Waals surface area contributed by atoms with Gasteiger partial charge in [0.15, 0.2) is 0 Å². The maximum absolute atomic E-state index is 12.6. The first-order chi connectivity index (χ1) is 14.3. The van der Waals surface area contributed by atoms with Gasteiger partial charge in [-0.2, -0.15) is 0 Å². The van der Waals surface area contributed by atoms with Gasteiger partial charge < -0.3 is 15.2 Å². The molecule has 1 aliphatic rings. The van der Waals surface area contributed by atoms with Gasteiger partial charge in [0.05, 0.1) is 22.3 Å². The third-order valence-electron chi connectivity index (χ3n) is 4.83. The van der Waals surface area contributed by atoms with Crippen molar-refractivity contribution in [2.45, 2.75) is 11.4 Å². The largest absolute Gasteiger partial charge is 0.360 e. The van der Waals surface area contributed by atoms with Crippen molar-refractivity contribution in [3.63, 3.8) is 0 Å². The number of carbonyl (C=O) groups is 1. The molecule has 156 valence electrons. The second-order valence-corrected chi connectivity index (χ2v) is 8.65. The molecule has 0 saturated carbocycles. The Bertz CT molecular complexity index is 1330. The minimum absolute atomic E-state index is 0.0311. The Labute approximate surface area is 171 Å². The van der Waals surface area contributed by atoms with Gasteiger partial charge in [-0.05, 0) is 35.9 Å². The van der Waals surface area contributed by atoms with Crippen molar-refractivity contribution in [2.75, 3.05) is 24.5 Å². The Morgan fingerprint density at radius 2 is 1.77 bits per heavy atom. The van der Waals surface area contributed by atoms with Crippen LogP contribution < -0.4 is 26.2 Å². The number of H-pyrrole nitrogens is 2. The zero-order chi connectivity index (χ0) is 21.3. The molecular formula is C19H19N5O5S. The van der Waals surface area contributed by atoms with E-state index in [1.54, 1.807) is 12.1 Å². The van der Waals surface area contributed by atoms with Crippen LogP contribution in [0.4, 0.5) is 5.69 Å². The maximum Gasteiger partial charge on any atom is 0.326 e. The van der Waals surface area contributed by atoms with Crippen LogP contribution in [0, 0.1) is 0 Å². The van der Waals surface area contributed by atoms with Crippen LogP contribution in [0.3, 0.4) is 0 Å². The van der Waals surface area contributed by atoms with Crippen LogP contribution in [0.15, 0.2) is 56.9 Å². The molecule has 0 atom stereocenters. The zero-order valence-corrected chi connectivity index (χ0v) is 16.6. The molecule has 3 aromatic rings. The van der Waals surface area contributed by atoms with E-state index in [-0.39, 0.29) is 28.3 Å². The molecule has 0 radical (unpaired) electrons. The molecule has 1 amide bonds. The average Bonchev–Trinajstić information content (AvgIpc) is 2.72. The average molecular weight is 429 g/mol. The molecule has 1 aromatic heterocycles. The highest BCUT2D eigenvalue weighted by Gasteiger charge is 2.17. The number of nitrogens with one attached hydrogen (secondary N) is 4. The van der Waals surface area contributed by atoms with Gasteiger partial charge in [-0.1, -0.05) is 12.1 Å². The van der Waals surface area contributed by atoms with Gasteiger partial charge >= 0.3 is 5.69 Å². The van der Waals surface area contributed by atoms with Gasteiger partial charge in [0.1, 0.15) is 0 Å². The summed E-state index contributed by atoms with van der Waals surface area (Å²) >= 11 is 0. The molecule has 1 saturated heterocycles. The summed E-state index contributed by atoms with van der Waals surface area (Å²) in [6.45, 7) is 1.65. The highest BCUT2D eigenvalue weighted by atomic mass is 32.2. The molecule has 0 spiro atoms. The van der Waals surface area contributed by atoms with E-state index in [4.69, 9.17) is 0 Å². The molecule has 4 rings (SSSR count). The van der Waals surface area contributed by atoms with E-state index in [1.807, 2.05) is 17.0 Å². The number of anilines is 1. The number of piperazine rings is 1. The fourth-order valence-electron chi connectivity index (χ4n) is 3.26. The zero-order valence-electron chi connectivity index (χ0n) is 15.8. The Balaban J connectivity index is 1.49. The van der Waals surface area contributed by atoms with E-state index < -0.39 is 21.3 Å². The fourth-order valence-corrected chi connectivity index (χ4v) is 4.30. The first kappa shape index (κ1) is 19.9. The van der Waals surface area contributed by atoms with Crippen molar-refractivity contribution in [1.29, 1.82) is 0 Å². The van der Waals surface area contributed by atoms with Crippen LogP contribution in [0.2, 0.25) is 0 Å². The van der Waals surface area contributed by atoms with Crippen molar-refractivity contribution in [3.05, 3.63) is 68.9 Å². The Morgan fingerprint density at radius 3 is 2.50 bits per heavy atom. The summed E-state index contributed by atoms with van der Waals surface area (Å²) < 4.78 is 27.8. The minimum atomic E-state index is -3.87. The Kier molecular flexibility index (Phi) is 5.14. The van der Waals surface area contributed by atoms with Gasteiger partial charge in [0.2, 0.25) is 15.9 Å². The minimum Gasteiger partial charge on any atom is -0.360 e. The van der Waals surface area contributed by atoms with Crippen molar-refractivity contribution in [1.82, 2.24) is 20.0 Å². The topological polar surface area (TPSA) is 144 Å². The van der Waals surface area contributed by atoms with Gasteiger partial charge in [-0.15, -0.1) is 0 Å². The summed E-state index contributed by atoms with van der Waals surface area (Å²) in [5, 5.41) is 2.84. The normalized spacial score (nSPS) is 14.7.